The van der Waals surface area contributed by atoms with Crippen LogP contribution in [-0.2, 0) is 11.3 Å². The average molecular weight is 124 g/mol. The highest BCUT2D eigenvalue weighted by molar-refractivity contribution is 5.49. The average Bonchev–Trinajstić information content (AvgIpc) is 2.18. The monoisotopic (exact) mass is 124 g/mol. The van der Waals surface area contributed by atoms with Crippen LogP contribution in [0.1, 0.15) is 5.69 Å². The summed E-state index contributed by atoms with van der Waals surface area (Å²) in [4.78, 5) is 9.96. The lowest BCUT2D eigenvalue weighted by Gasteiger charge is -1.94. The van der Waals surface area contributed by atoms with Crippen LogP contribution >= 0.6 is 0 Å². The number of aldehydes is 1. The predicted octanol–water partition coefficient (Wildman–Crippen LogP) is 0.390. The summed E-state index contributed by atoms with van der Waals surface area (Å²) in [6.45, 7) is 2.27. The molecule has 3 heteroatoms. The molecule has 0 aromatic carbocycles. The van der Waals surface area contributed by atoms with Crippen molar-refractivity contribution in [2.75, 3.05) is 0 Å². The van der Waals surface area contributed by atoms with Crippen LogP contribution < -0.4 is 0 Å². The number of carbonyl (C=O) groups is 1. The maximum absolute atomic E-state index is 9.96. The molecule has 48 valence electrons. The van der Waals surface area contributed by atoms with Crippen molar-refractivity contribution in [3.05, 3.63) is 18.0 Å². The fourth-order valence-electron chi connectivity index (χ4n) is 0.661. The SMILES string of the molecule is Cc1ccnn1CC=O. The molecule has 0 saturated carbocycles. The van der Waals surface area contributed by atoms with Crippen molar-refractivity contribution >= 4 is 6.29 Å². The molecule has 1 heterocycles. The van der Waals surface area contributed by atoms with Gasteiger partial charge < -0.3 is 4.79 Å². The smallest absolute Gasteiger partial charge is 0.141 e. The Morgan fingerprint density at radius 2 is 2.67 bits per heavy atom. The van der Waals surface area contributed by atoms with Gasteiger partial charge in [0.25, 0.3) is 0 Å². The quantitative estimate of drug-likeness (QED) is 0.534. The maximum Gasteiger partial charge on any atom is 0.141 e. The zero-order chi connectivity index (χ0) is 6.69. The molecule has 0 aliphatic carbocycles. The van der Waals surface area contributed by atoms with Crippen LogP contribution in [0.25, 0.3) is 0 Å². The van der Waals surface area contributed by atoms with Crippen molar-refractivity contribution in [2.24, 2.45) is 0 Å². The van der Waals surface area contributed by atoms with E-state index < -0.39 is 0 Å². The predicted molar refractivity (Wildman–Crippen MR) is 33.0 cm³/mol. The molecule has 0 N–H and O–H groups in total. The van der Waals surface area contributed by atoms with Gasteiger partial charge in [0.15, 0.2) is 0 Å². The first kappa shape index (κ1) is 6.01. The van der Waals surface area contributed by atoms with Crippen molar-refractivity contribution in [3.63, 3.8) is 0 Å². The highest BCUT2D eigenvalue weighted by Gasteiger charge is 1.91. The molecule has 1 aromatic heterocycles. The summed E-state index contributed by atoms with van der Waals surface area (Å²) in [6, 6.07) is 1.86. The first-order valence-electron chi connectivity index (χ1n) is 2.76. The number of hydrogen-bond acceptors (Lipinski definition) is 2. The van der Waals surface area contributed by atoms with Gasteiger partial charge in [0, 0.05) is 11.9 Å². The molecule has 0 spiro atoms. The summed E-state index contributed by atoms with van der Waals surface area (Å²) in [5.74, 6) is 0. The largest absolute Gasteiger partial charge is 0.301 e. The zero-order valence-electron chi connectivity index (χ0n) is 5.24. The van der Waals surface area contributed by atoms with Gasteiger partial charge >= 0.3 is 0 Å². The minimum atomic E-state index is 0.360. The number of aromatic nitrogens is 2. The molecule has 0 amide bonds. The van der Waals surface area contributed by atoms with Gasteiger partial charge in [-0.3, -0.25) is 4.68 Å². The lowest BCUT2D eigenvalue weighted by molar-refractivity contribution is -0.108. The number of nitrogens with zero attached hydrogens (tertiary/aromatic N) is 2. The van der Waals surface area contributed by atoms with Crippen LogP contribution in [0, 0.1) is 6.92 Å². The van der Waals surface area contributed by atoms with E-state index >= 15 is 0 Å². The van der Waals surface area contributed by atoms with Crippen molar-refractivity contribution in [1.82, 2.24) is 9.78 Å². The van der Waals surface area contributed by atoms with Crippen LogP contribution in [-0.4, -0.2) is 16.1 Å². The third kappa shape index (κ3) is 1.16. The van der Waals surface area contributed by atoms with E-state index in [1.807, 2.05) is 13.0 Å². The Kier molecular flexibility index (Phi) is 1.63. The van der Waals surface area contributed by atoms with E-state index in [0.29, 0.717) is 6.54 Å². The number of hydrogen-bond donors (Lipinski definition) is 0. The molecule has 1 aromatic rings. The minimum absolute atomic E-state index is 0.360. The first-order valence-corrected chi connectivity index (χ1v) is 2.76. The summed E-state index contributed by atoms with van der Waals surface area (Å²) in [6.07, 6.45) is 2.51. The third-order valence-corrected chi connectivity index (χ3v) is 1.18. The fraction of sp³-hybridized carbons (Fsp3) is 0.333. The Hall–Kier alpha value is -1.12. The van der Waals surface area contributed by atoms with Gasteiger partial charge in [-0.2, -0.15) is 5.10 Å². The molecule has 0 fully saturated rings. The zero-order valence-corrected chi connectivity index (χ0v) is 5.24. The second-order valence-electron chi connectivity index (χ2n) is 1.82. The molecule has 0 unspecified atom stereocenters. The lowest BCUT2D eigenvalue weighted by atomic mass is 10.5. The lowest BCUT2D eigenvalue weighted by Crippen LogP contribution is -2.01. The van der Waals surface area contributed by atoms with Crippen LogP contribution in [0.3, 0.4) is 0 Å². The van der Waals surface area contributed by atoms with Crippen molar-refractivity contribution in [3.8, 4) is 0 Å². The molecule has 0 bridgehead atoms. The first-order chi connectivity index (χ1) is 4.34. The van der Waals surface area contributed by atoms with E-state index in [4.69, 9.17) is 0 Å². The van der Waals surface area contributed by atoms with Crippen LogP contribution in [0.15, 0.2) is 12.3 Å². The van der Waals surface area contributed by atoms with E-state index in [1.54, 1.807) is 10.9 Å². The molecule has 3 nitrogen and oxygen atoms in total. The van der Waals surface area contributed by atoms with Gasteiger partial charge in [0.2, 0.25) is 0 Å². The number of carbonyl (C=O) groups excluding carboxylic acids is 1. The van der Waals surface area contributed by atoms with Crippen molar-refractivity contribution in [1.29, 1.82) is 0 Å². The second kappa shape index (κ2) is 2.44. The van der Waals surface area contributed by atoms with Gasteiger partial charge in [-0.1, -0.05) is 0 Å². The normalized spacial score (nSPS) is 9.44. The van der Waals surface area contributed by atoms with Gasteiger partial charge in [0.05, 0.1) is 6.54 Å². The summed E-state index contributed by atoms with van der Waals surface area (Å²) >= 11 is 0. The summed E-state index contributed by atoms with van der Waals surface area (Å²) in [7, 11) is 0. The van der Waals surface area contributed by atoms with Gasteiger partial charge in [-0.05, 0) is 13.0 Å². The Bertz CT molecular complexity index is 205. The Morgan fingerprint density at radius 1 is 1.89 bits per heavy atom. The van der Waals surface area contributed by atoms with E-state index in [1.165, 1.54) is 0 Å². The molecule has 1 rings (SSSR count). The third-order valence-electron chi connectivity index (χ3n) is 1.18. The molecular formula is C6H8N2O. The van der Waals surface area contributed by atoms with Crippen LogP contribution in [0.4, 0.5) is 0 Å². The maximum atomic E-state index is 9.96. The van der Waals surface area contributed by atoms with Crippen LogP contribution in [0.2, 0.25) is 0 Å². The molecule has 0 saturated heterocycles. The molecule has 9 heavy (non-hydrogen) atoms. The number of aryl methyl sites for hydroxylation is 1. The van der Waals surface area contributed by atoms with E-state index in [0.717, 1.165) is 12.0 Å². The van der Waals surface area contributed by atoms with Gasteiger partial charge in [0.1, 0.15) is 6.29 Å². The minimum Gasteiger partial charge on any atom is -0.301 e. The van der Waals surface area contributed by atoms with Crippen molar-refractivity contribution < 1.29 is 4.79 Å². The van der Waals surface area contributed by atoms with E-state index in [2.05, 4.69) is 5.10 Å². The standard InChI is InChI=1S/C6H8N2O/c1-6-2-3-7-8(6)4-5-9/h2-3,5H,4H2,1H3. The topological polar surface area (TPSA) is 34.9 Å². The van der Waals surface area contributed by atoms with Gasteiger partial charge in [-0.25, -0.2) is 0 Å². The van der Waals surface area contributed by atoms with E-state index in [-0.39, 0.29) is 0 Å². The second-order valence-corrected chi connectivity index (χ2v) is 1.82. The fourth-order valence-corrected chi connectivity index (χ4v) is 0.661. The Morgan fingerprint density at radius 3 is 3.11 bits per heavy atom. The summed E-state index contributed by atoms with van der Waals surface area (Å²) in [5.41, 5.74) is 1.02. The van der Waals surface area contributed by atoms with E-state index in [9.17, 15) is 4.79 Å². The summed E-state index contributed by atoms with van der Waals surface area (Å²) in [5, 5.41) is 3.89. The van der Waals surface area contributed by atoms with Crippen LogP contribution in [0.5, 0.6) is 0 Å². The molecular weight excluding hydrogens is 116 g/mol. The molecule has 0 radical (unpaired) electrons. The Balaban J connectivity index is 2.80. The molecule has 0 aliphatic rings. The highest BCUT2D eigenvalue weighted by Crippen LogP contribution is 1.92. The highest BCUT2D eigenvalue weighted by atomic mass is 16.1. The number of rotatable bonds is 2. The van der Waals surface area contributed by atoms with Gasteiger partial charge in [-0.15, -0.1) is 0 Å². The molecule has 0 aliphatic heterocycles. The summed E-state index contributed by atoms with van der Waals surface area (Å²) < 4.78 is 1.65. The van der Waals surface area contributed by atoms with Crippen molar-refractivity contribution in [2.45, 2.75) is 13.5 Å². The molecule has 0 atom stereocenters. The Labute approximate surface area is 53.3 Å².